The average Bonchev–Trinajstić information content (AvgIpc) is 3.22. The normalized spacial score (nSPS) is 10.7. The number of ether oxygens (including phenoxy) is 1. The van der Waals surface area contributed by atoms with Crippen molar-refractivity contribution < 1.29 is 9.15 Å². The fraction of sp³-hybridized carbons (Fsp3) is 0.0952. The molecule has 4 aromatic rings. The van der Waals surface area contributed by atoms with Gasteiger partial charge in [0.05, 0.1) is 36.0 Å². The number of nitriles is 1. The van der Waals surface area contributed by atoms with Crippen LogP contribution in [0.4, 0.5) is 0 Å². The number of benzene rings is 2. The molecule has 0 fully saturated rings. The number of nitrogens with zero attached hydrogens (tertiary/aromatic N) is 2. The first kappa shape index (κ1) is 16.6. The highest BCUT2D eigenvalue weighted by atomic mass is 16.5. The van der Waals surface area contributed by atoms with Gasteiger partial charge in [-0.3, -0.25) is 4.79 Å². The van der Waals surface area contributed by atoms with Gasteiger partial charge in [0.1, 0.15) is 5.75 Å². The Morgan fingerprint density at radius 2 is 2.07 bits per heavy atom. The number of aryl methyl sites for hydroxylation is 1. The number of hydrogen-bond acceptors (Lipinski definition) is 5. The van der Waals surface area contributed by atoms with Gasteiger partial charge in [0, 0.05) is 23.2 Å². The zero-order valence-electron chi connectivity index (χ0n) is 14.7. The number of rotatable bonds is 3. The summed E-state index contributed by atoms with van der Waals surface area (Å²) in [6, 6.07) is 12.7. The van der Waals surface area contributed by atoms with Gasteiger partial charge in [-0.15, -0.1) is 0 Å². The summed E-state index contributed by atoms with van der Waals surface area (Å²) < 4.78 is 10.8. The van der Waals surface area contributed by atoms with Crippen molar-refractivity contribution in [2.24, 2.45) is 0 Å². The molecule has 6 nitrogen and oxygen atoms in total. The number of aromatic nitrogens is 2. The van der Waals surface area contributed by atoms with Gasteiger partial charge < -0.3 is 14.1 Å². The van der Waals surface area contributed by atoms with Gasteiger partial charge in [0.2, 0.25) is 0 Å². The summed E-state index contributed by atoms with van der Waals surface area (Å²) in [5.74, 6) is 1.09. The molecular formula is C21H15N3O3. The largest absolute Gasteiger partial charge is 0.496 e. The molecule has 1 N–H and O–H groups in total. The molecule has 2 heterocycles. The van der Waals surface area contributed by atoms with Gasteiger partial charge in [0.15, 0.2) is 17.6 Å². The minimum Gasteiger partial charge on any atom is -0.496 e. The van der Waals surface area contributed by atoms with E-state index in [0.717, 1.165) is 11.1 Å². The molecule has 0 unspecified atom stereocenters. The van der Waals surface area contributed by atoms with Crippen molar-refractivity contribution in [1.29, 1.82) is 5.26 Å². The molecule has 0 radical (unpaired) electrons. The minimum atomic E-state index is -0.138. The van der Waals surface area contributed by atoms with Crippen LogP contribution >= 0.6 is 0 Å². The number of oxazole rings is 1. The molecule has 6 heteroatoms. The molecule has 0 atom stereocenters. The first-order valence-corrected chi connectivity index (χ1v) is 8.26. The second-order valence-electron chi connectivity index (χ2n) is 6.15. The Morgan fingerprint density at radius 1 is 1.22 bits per heavy atom. The van der Waals surface area contributed by atoms with Gasteiger partial charge in [-0.2, -0.15) is 5.26 Å². The van der Waals surface area contributed by atoms with Crippen LogP contribution in [0.1, 0.15) is 11.1 Å². The van der Waals surface area contributed by atoms with Crippen LogP contribution in [-0.2, 0) is 0 Å². The van der Waals surface area contributed by atoms with Crippen LogP contribution in [0, 0.1) is 18.3 Å². The maximum Gasteiger partial charge on any atom is 0.190 e. The van der Waals surface area contributed by atoms with E-state index in [1.54, 1.807) is 31.5 Å². The predicted molar refractivity (Wildman–Crippen MR) is 102 cm³/mol. The Balaban J connectivity index is 1.93. The third-order valence-corrected chi connectivity index (χ3v) is 4.52. The van der Waals surface area contributed by atoms with Gasteiger partial charge in [-0.25, -0.2) is 4.98 Å². The Bertz CT molecular complexity index is 1250. The number of aromatic amines is 1. The van der Waals surface area contributed by atoms with Crippen molar-refractivity contribution in [2.45, 2.75) is 6.92 Å². The molecule has 0 aliphatic carbocycles. The van der Waals surface area contributed by atoms with Crippen LogP contribution in [-0.4, -0.2) is 17.1 Å². The topological polar surface area (TPSA) is 91.9 Å². The highest BCUT2D eigenvalue weighted by Crippen LogP contribution is 2.33. The van der Waals surface area contributed by atoms with Gasteiger partial charge >= 0.3 is 0 Å². The summed E-state index contributed by atoms with van der Waals surface area (Å²) in [6.07, 6.45) is 2.90. The smallest absolute Gasteiger partial charge is 0.190 e. The summed E-state index contributed by atoms with van der Waals surface area (Å²) in [6.45, 7) is 1.88. The molecule has 132 valence electrons. The average molecular weight is 357 g/mol. The number of H-pyrrole nitrogens is 1. The van der Waals surface area contributed by atoms with E-state index in [1.807, 2.05) is 19.1 Å². The van der Waals surface area contributed by atoms with Crippen molar-refractivity contribution in [2.75, 3.05) is 7.11 Å². The number of fused-ring (bicyclic) bond motifs is 1. The quantitative estimate of drug-likeness (QED) is 0.597. The molecule has 27 heavy (non-hydrogen) atoms. The van der Waals surface area contributed by atoms with Crippen molar-refractivity contribution >= 4 is 10.9 Å². The second-order valence-corrected chi connectivity index (χ2v) is 6.15. The van der Waals surface area contributed by atoms with E-state index in [2.05, 4.69) is 16.0 Å². The Kier molecular flexibility index (Phi) is 3.98. The molecular weight excluding hydrogens is 342 g/mol. The van der Waals surface area contributed by atoms with Crippen LogP contribution in [0.3, 0.4) is 0 Å². The molecule has 2 aromatic heterocycles. The fourth-order valence-corrected chi connectivity index (χ4v) is 3.05. The van der Waals surface area contributed by atoms with Crippen molar-refractivity contribution in [1.82, 2.24) is 9.97 Å². The zero-order valence-corrected chi connectivity index (χ0v) is 14.7. The third kappa shape index (κ3) is 2.85. The molecule has 0 bridgehead atoms. The van der Waals surface area contributed by atoms with Crippen LogP contribution < -0.4 is 10.2 Å². The summed E-state index contributed by atoms with van der Waals surface area (Å²) in [5.41, 5.74) is 4.03. The molecule has 4 rings (SSSR count). The number of pyridine rings is 1. The van der Waals surface area contributed by atoms with E-state index < -0.39 is 0 Å². The Hall–Kier alpha value is -3.85. The molecule has 0 aliphatic heterocycles. The third-order valence-electron chi connectivity index (χ3n) is 4.52. The highest BCUT2D eigenvalue weighted by Gasteiger charge is 2.14. The first-order valence-electron chi connectivity index (χ1n) is 8.26. The summed E-state index contributed by atoms with van der Waals surface area (Å²) in [5, 5.41) is 9.77. The van der Waals surface area contributed by atoms with E-state index in [0.29, 0.717) is 39.2 Å². The van der Waals surface area contributed by atoms with Crippen LogP contribution in [0.5, 0.6) is 5.75 Å². The minimum absolute atomic E-state index is 0.138. The first-order chi connectivity index (χ1) is 13.1. The summed E-state index contributed by atoms with van der Waals surface area (Å²) >= 11 is 0. The zero-order chi connectivity index (χ0) is 19.0. The fourth-order valence-electron chi connectivity index (χ4n) is 3.05. The lowest BCUT2D eigenvalue weighted by Gasteiger charge is -2.10. The lowest BCUT2D eigenvalue weighted by Crippen LogP contribution is -2.04. The van der Waals surface area contributed by atoms with E-state index in [9.17, 15) is 10.1 Å². The standard InChI is InChI=1S/C21H15N3O3/c1-12-3-4-13(5-14(12)9-22)17-7-19(25)15-6-16(21-10-23-11-27-21)20(26-2)8-18(15)24-17/h3-8,10-11H,1-2H3,(H,24,25). The lowest BCUT2D eigenvalue weighted by molar-refractivity contribution is 0.415. The van der Waals surface area contributed by atoms with E-state index in [1.165, 1.54) is 12.5 Å². The highest BCUT2D eigenvalue weighted by molar-refractivity contribution is 5.88. The summed E-state index contributed by atoms with van der Waals surface area (Å²) in [4.78, 5) is 19.9. The van der Waals surface area contributed by atoms with E-state index in [4.69, 9.17) is 9.15 Å². The van der Waals surface area contributed by atoms with Crippen molar-refractivity contribution in [3.63, 3.8) is 0 Å². The molecule has 0 saturated carbocycles. The Morgan fingerprint density at radius 3 is 2.78 bits per heavy atom. The van der Waals surface area contributed by atoms with Crippen LogP contribution in [0.2, 0.25) is 0 Å². The van der Waals surface area contributed by atoms with Crippen molar-refractivity contribution in [3.05, 3.63) is 70.3 Å². The SMILES string of the molecule is COc1cc2[nH]c(-c3ccc(C)c(C#N)c3)cc(=O)c2cc1-c1cnco1. The molecule has 0 amide bonds. The number of hydrogen-bond donors (Lipinski definition) is 1. The van der Waals surface area contributed by atoms with E-state index in [-0.39, 0.29) is 5.43 Å². The number of nitrogens with one attached hydrogen (secondary N) is 1. The Labute approximate surface area is 154 Å². The molecule has 0 aliphatic rings. The molecule has 2 aromatic carbocycles. The van der Waals surface area contributed by atoms with Gasteiger partial charge in [-0.1, -0.05) is 12.1 Å². The monoisotopic (exact) mass is 357 g/mol. The molecule has 0 spiro atoms. The number of methoxy groups -OCH3 is 1. The van der Waals surface area contributed by atoms with E-state index >= 15 is 0 Å². The maximum absolute atomic E-state index is 12.7. The van der Waals surface area contributed by atoms with Crippen LogP contribution in [0.25, 0.3) is 33.5 Å². The molecule has 0 saturated heterocycles. The predicted octanol–water partition coefficient (Wildman–Crippen LogP) is 4.04. The summed E-state index contributed by atoms with van der Waals surface area (Å²) in [7, 11) is 1.56. The maximum atomic E-state index is 12.7. The van der Waals surface area contributed by atoms with Gasteiger partial charge in [0.25, 0.3) is 0 Å². The lowest BCUT2D eigenvalue weighted by atomic mass is 10.0. The van der Waals surface area contributed by atoms with Crippen LogP contribution in [0.15, 0.2) is 58.2 Å². The van der Waals surface area contributed by atoms with Gasteiger partial charge in [-0.05, 0) is 30.2 Å². The van der Waals surface area contributed by atoms with Crippen molar-refractivity contribution in [3.8, 4) is 34.4 Å². The second kappa shape index (κ2) is 6.46.